The minimum Gasteiger partial charge on any atom is -0.464 e. The highest BCUT2D eigenvalue weighted by molar-refractivity contribution is 5.88. The van der Waals surface area contributed by atoms with Crippen LogP contribution in [0.3, 0.4) is 0 Å². The van der Waals surface area contributed by atoms with Gasteiger partial charge in [-0.2, -0.15) is 0 Å². The van der Waals surface area contributed by atoms with Gasteiger partial charge < -0.3 is 4.74 Å². The summed E-state index contributed by atoms with van der Waals surface area (Å²) in [5.41, 5.74) is 2.34. The second-order valence-electron chi connectivity index (χ2n) is 4.08. The maximum absolute atomic E-state index is 11.6. The van der Waals surface area contributed by atoms with E-state index in [1.54, 1.807) is 11.6 Å². The number of hydrogen-bond acceptors (Lipinski definition) is 7. The van der Waals surface area contributed by atoms with E-state index in [0.29, 0.717) is 24.4 Å². The maximum atomic E-state index is 11.6. The minimum atomic E-state index is -0.482. The van der Waals surface area contributed by atoms with E-state index in [-0.39, 0.29) is 5.69 Å². The fourth-order valence-electron chi connectivity index (χ4n) is 1.73. The molecular formula is C11H15N5O3. The normalized spacial score (nSPS) is 10.7. The molecule has 0 unspecified atom stereocenters. The molecule has 0 atom stereocenters. The van der Waals surface area contributed by atoms with Gasteiger partial charge in [-0.15, -0.1) is 5.10 Å². The molecule has 0 radical (unpaired) electrons. The summed E-state index contributed by atoms with van der Waals surface area (Å²) >= 11 is 0. The molecule has 0 N–H and O–H groups in total. The van der Waals surface area contributed by atoms with Crippen molar-refractivity contribution in [3.63, 3.8) is 0 Å². The van der Waals surface area contributed by atoms with Crippen molar-refractivity contribution in [1.82, 2.24) is 25.3 Å². The van der Waals surface area contributed by atoms with Crippen molar-refractivity contribution in [3.8, 4) is 0 Å². The predicted molar refractivity (Wildman–Crippen MR) is 63.5 cm³/mol. The van der Waals surface area contributed by atoms with E-state index < -0.39 is 5.97 Å². The Bertz CT molecular complexity index is 575. The summed E-state index contributed by atoms with van der Waals surface area (Å²) in [7, 11) is 1.32. The fraction of sp³-hybridized carbons (Fsp3) is 0.545. The average molecular weight is 265 g/mol. The highest BCUT2D eigenvalue weighted by Crippen LogP contribution is 2.12. The highest BCUT2D eigenvalue weighted by atomic mass is 16.6. The van der Waals surface area contributed by atoms with Gasteiger partial charge in [0.25, 0.3) is 0 Å². The Kier molecular flexibility index (Phi) is 3.88. The van der Waals surface area contributed by atoms with Crippen LogP contribution in [0, 0.1) is 6.92 Å². The van der Waals surface area contributed by atoms with E-state index in [1.165, 1.54) is 7.11 Å². The molecule has 0 amide bonds. The summed E-state index contributed by atoms with van der Waals surface area (Å²) in [4.78, 5) is 11.6. The summed E-state index contributed by atoms with van der Waals surface area (Å²) in [6.45, 7) is 4.18. The maximum Gasteiger partial charge on any atom is 0.360 e. The standard InChI is InChI=1S/C11H15N5O3/c1-4-5-9-10(11(17)18-3)12-15-16(9)6-8-7(2)13-19-14-8/h4-6H2,1-3H3. The van der Waals surface area contributed by atoms with Crippen molar-refractivity contribution < 1.29 is 14.2 Å². The number of esters is 1. The van der Waals surface area contributed by atoms with Crippen LogP contribution in [0.1, 0.15) is 40.9 Å². The van der Waals surface area contributed by atoms with E-state index in [0.717, 1.165) is 12.1 Å². The first kappa shape index (κ1) is 13.2. The van der Waals surface area contributed by atoms with Crippen molar-refractivity contribution in [2.24, 2.45) is 0 Å². The van der Waals surface area contributed by atoms with E-state index in [4.69, 9.17) is 4.74 Å². The van der Waals surface area contributed by atoms with Gasteiger partial charge >= 0.3 is 5.97 Å². The third-order valence-corrected chi connectivity index (χ3v) is 2.75. The summed E-state index contributed by atoms with van der Waals surface area (Å²) in [5.74, 6) is -0.482. The zero-order valence-corrected chi connectivity index (χ0v) is 11.1. The number of methoxy groups -OCH3 is 1. The van der Waals surface area contributed by atoms with Gasteiger partial charge in [0, 0.05) is 0 Å². The smallest absolute Gasteiger partial charge is 0.360 e. The molecule has 2 heterocycles. The number of aromatic nitrogens is 5. The molecule has 2 aromatic rings. The summed E-state index contributed by atoms with van der Waals surface area (Å²) in [6, 6.07) is 0. The van der Waals surface area contributed by atoms with Crippen molar-refractivity contribution in [3.05, 3.63) is 22.8 Å². The molecule has 19 heavy (non-hydrogen) atoms. The van der Waals surface area contributed by atoms with Crippen molar-refractivity contribution in [2.75, 3.05) is 7.11 Å². The predicted octanol–water partition coefficient (Wildman–Crippen LogP) is 0.757. The van der Waals surface area contributed by atoms with Gasteiger partial charge in [0.1, 0.15) is 11.4 Å². The molecule has 0 aliphatic carbocycles. The van der Waals surface area contributed by atoms with Gasteiger partial charge in [-0.25, -0.2) is 14.1 Å². The second-order valence-corrected chi connectivity index (χ2v) is 4.08. The molecule has 102 valence electrons. The molecule has 0 spiro atoms. The van der Waals surface area contributed by atoms with E-state index in [1.807, 2.05) is 6.92 Å². The van der Waals surface area contributed by atoms with Crippen LogP contribution in [0.15, 0.2) is 4.63 Å². The van der Waals surface area contributed by atoms with Crippen molar-refractivity contribution in [1.29, 1.82) is 0 Å². The molecule has 0 bridgehead atoms. The number of rotatable bonds is 5. The number of ether oxygens (including phenoxy) is 1. The van der Waals surface area contributed by atoms with Crippen molar-refractivity contribution in [2.45, 2.75) is 33.2 Å². The zero-order valence-electron chi connectivity index (χ0n) is 11.1. The van der Waals surface area contributed by atoms with Gasteiger partial charge in [0.05, 0.1) is 19.3 Å². The first-order chi connectivity index (χ1) is 9.17. The first-order valence-electron chi connectivity index (χ1n) is 5.96. The molecule has 0 aromatic carbocycles. The Morgan fingerprint density at radius 2 is 2.21 bits per heavy atom. The Hall–Kier alpha value is -2.25. The van der Waals surface area contributed by atoms with Crippen LogP contribution in [0.25, 0.3) is 0 Å². The lowest BCUT2D eigenvalue weighted by Crippen LogP contribution is -2.11. The van der Waals surface area contributed by atoms with Crippen LogP contribution < -0.4 is 0 Å². The third-order valence-electron chi connectivity index (χ3n) is 2.75. The fourth-order valence-corrected chi connectivity index (χ4v) is 1.73. The van der Waals surface area contributed by atoms with Gasteiger partial charge in [-0.05, 0) is 13.3 Å². The molecule has 2 aromatic heterocycles. The highest BCUT2D eigenvalue weighted by Gasteiger charge is 2.20. The number of nitrogens with zero attached hydrogens (tertiary/aromatic N) is 5. The molecule has 0 saturated heterocycles. The topological polar surface area (TPSA) is 95.9 Å². The molecule has 0 fully saturated rings. The summed E-state index contributed by atoms with van der Waals surface area (Å²) < 4.78 is 11.0. The van der Waals surface area contributed by atoms with Crippen molar-refractivity contribution >= 4 is 5.97 Å². The number of hydrogen-bond donors (Lipinski definition) is 0. The number of carbonyl (C=O) groups is 1. The van der Waals surface area contributed by atoms with E-state index in [2.05, 4.69) is 25.3 Å². The Morgan fingerprint density at radius 3 is 2.79 bits per heavy atom. The third kappa shape index (κ3) is 2.61. The van der Waals surface area contributed by atoms with Gasteiger partial charge in [-0.1, -0.05) is 28.9 Å². The van der Waals surface area contributed by atoms with Gasteiger partial charge in [0.2, 0.25) is 0 Å². The van der Waals surface area contributed by atoms with Crippen LogP contribution in [-0.2, 0) is 17.7 Å². The van der Waals surface area contributed by atoms with Gasteiger partial charge in [-0.3, -0.25) is 0 Å². The summed E-state index contributed by atoms with van der Waals surface area (Å²) in [6.07, 6.45) is 1.55. The van der Waals surface area contributed by atoms with E-state index >= 15 is 0 Å². The van der Waals surface area contributed by atoms with Crippen LogP contribution in [0.4, 0.5) is 0 Å². The Balaban J connectivity index is 2.32. The van der Waals surface area contributed by atoms with Gasteiger partial charge in [0.15, 0.2) is 5.69 Å². The molecule has 0 saturated carbocycles. The molecule has 8 nitrogen and oxygen atoms in total. The monoisotopic (exact) mass is 265 g/mol. The first-order valence-corrected chi connectivity index (χ1v) is 5.96. The molecule has 0 aliphatic heterocycles. The second kappa shape index (κ2) is 5.59. The Labute approximate surface area is 109 Å². The zero-order chi connectivity index (χ0) is 13.8. The molecule has 8 heteroatoms. The minimum absolute atomic E-state index is 0.249. The Morgan fingerprint density at radius 1 is 1.42 bits per heavy atom. The van der Waals surface area contributed by atoms with Crippen LogP contribution >= 0.6 is 0 Å². The van der Waals surface area contributed by atoms with Crippen LogP contribution in [0.5, 0.6) is 0 Å². The van der Waals surface area contributed by atoms with E-state index in [9.17, 15) is 4.79 Å². The summed E-state index contributed by atoms with van der Waals surface area (Å²) in [5, 5.41) is 15.4. The van der Waals surface area contributed by atoms with Crippen LogP contribution in [0.2, 0.25) is 0 Å². The molecule has 0 aliphatic rings. The largest absolute Gasteiger partial charge is 0.464 e. The SMILES string of the molecule is CCCc1c(C(=O)OC)nnn1Cc1nonc1C. The average Bonchev–Trinajstić information content (AvgIpc) is 2.98. The lowest BCUT2D eigenvalue weighted by atomic mass is 10.2. The lowest BCUT2D eigenvalue weighted by Gasteiger charge is -2.04. The number of carbonyl (C=O) groups excluding carboxylic acids is 1. The van der Waals surface area contributed by atoms with Crippen LogP contribution in [-0.4, -0.2) is 38.4 Å². The quantitative estimate of drug-likeness (QED) is 0.736. The number of aryl methyl sites for hydroxylation is 1. The molecular weight excluding hydrogens is 250 g/mol. The molecule has 2 rings (SSSR count). The lowest BCUT2D eigenvalue weighted by molar-refractivity contribution is 0.0592.